The van der Waals surface area contributed by atoms with Crippen molar-refractivity contribution in [1.29, 1.82) is 0 Å². The molecule has 0 aromatic rings. The Bertz CT molecular complexity index is 889. The van der Waals surface area contributed by atoms with Crippen molar-refractivity contribution in [3.8, 4) is 0 Å². The molecule has 1 aliphatic rings. The molecular weight excluding hydrogens is 566 g/mol. The van der Waals surface area contributed by atoms with Crippen LogP contribution in [-0.2, 0) is 28.7 Å². The molecule has 0 saturated carbocycles. The first-order valence-electron chi connectivity index (χ1n) is 14.5. The average Bonchev–Trinajstić information content (AvgIpc) is 2.91. The molecule has 2 amide bonds. The van der Waals surface area contributed by atoms with Gasteiger partial charge in [0.05, 0.1) is 32.8 Å². The standard InChI is InChI=1S/C27H49N7O9/c1-4-28-27(42)22(6-5-21(2)29-7-16-43-3)30-23(35)17-31-8-10-32(18-24(36)37)12-14-34(20-26(40)41)15-13-33(11-9-31)19-25(38)39/h22,29H,2,4-20H2,1,3H3,(H,28,42)(H,30,35)(H,36,37)(H,38,39)(H,40,41)/t22-/m1/s1. The summed E-state index contributed by atoms with van der Waals surface area (Å²) in [4.78, 5) is 67.0. The quantitative estimate of drug-likeness (QED) is 0.0891. The van der Waals surface area contributed by atoms with Crippen molar-refractivity contribution in [1.82, 2.24) is 35.6 Å². The molecule has 1 fully saturated rings. The van der Waals surface area contributed by atoms with Crippen LogP contribution in [0.2, 0.25) is 0 Å². The zero-order chi connectivity index (χ0) is 32.2. The molecule has 6 N–H and O–H groups in total. The first-order valence-corrected chi connectivity index (χ1v) is 14.5. The van der Waals surface area contributed by atoms with Crippen molar-refractivity contribution in [2.24, 2.45) is 0 Å². The van der Waals surface area contributed by atoms with Crippen LogP contribution >= 0.6 is 0 Å². The molecule has 0 unspecified atom stereocenters. The lowest BCUT2D eigenvalue weighted by Gasteiger charge is -2.33. The van der Waals surface area contributed by atoms with Crippen molar-refractivity contribution in [3.63, 3.8) is 0 Å². The molecule has 1 aliphatic heterocycles. The third-order valence-corrected chi connectivity index (χ3v) is 6.79. The highest BCUT2D eigenvalue weighted by Gasteiger charge is 2.24. The van der Waals surface area contributed by atoms with Crippen LogP contribution in [0, 0.1) is 0 Å². The van der Waals surface area contributed by atoms with E-state index >= 15 is 0 Å². The van der Waals surface area contributed by atoms with E-state index in [0.29, 0.717) is 51.3 Å². The molecule has 0 bridgehead atoms. The molecule has 1 rings (SSSR count). The van der Waals surface area contributed by atoms with Gasteiger partial charge in [0.25, 0.3) is 0 Å². The number of nitrogens with one attached hydrogen (secondary N) is 3. The Morgan fingerprint density at radius 1 is 0.744 bits per heavy atom. The van der Waals surface area contributed by atoms with Gasteiger partial charge in [-0.2, -0.15) is 0 Å². The Morgan fingerprint density at radius 2 is 1.16 bits per heavy atom. The number of aliphatic carboxylic acids is 3. The number of allylic oxidation sites excluding steroid dienone is 1. The summed E-state index contributed by atoms with van der Waals surface area (Å²) >= 11 is 0. The van der Waals surface area contributed by atoms with Crippen LogP contribution in [0.5, 0.6) is 0 Å². The summed E-state index contributed by atoms with van der Waals surface area (Å²) in [5, 5.41) is 36.7. The van der Waals surface area contributed by atoms with Gasteiger partial charge in [-0.3, -0.25) is 43.6 Å². The number of likely N-dealkylation sites (N-methyl/N-ethyl adjacent to an activating group) is 1. The Labute approximate surface area is 253 Å². The van der Waals surface area contributed by atoms with Crippen molar-refractivity contribution in [3.05, 3.63) is 12.3 Å². The summed E-state index contributed by atoms with van der Waals surface area (Å²) in [7, 11) is 1.59. The number of rotatable bonds is 18. The maximum Gasteiger partial charge on any atom is 0.317 e. The number of ether oxygens (including phenoxy) is 1. The van der Waals surface area contributed by atoms with Gasteiger partial charge in [-0.1, -0.05) is 6.58 Å². The Balaban J connectivity index is 2.99. The highest BCUT2D eigenvalue weighted by Crippen LogP contribution is 2.06. The predicted molar refractivity (Wildman–Crippen MR) is 158 cm³/mol. The fraction of sp³-hybridized carbons (Fsp3) is 0.741. The number of carbonyl (C=O) groups excluding carboxylic acids is 2. The van der Waals surface area contributed by atoms with E-state index in [0.717, 1.165) is 0 Å². The van der Waals surface area contributed by atoms with E-state index in [1.807, 2.05) is 0 Å². The summed E-state index contributed by atoms with van der Waals surface area (Å²) in [6.07, 6.45) is 0.769. The molecule has 1 saturated heterocycles. The van der Waals surface area contributed by atoms with Crippen LogP contribution in [0.3, 0.4) is 0 Å². The summed E-state index contributed by atoms with van der Waals surface area (Å²) < 4.78 is 5.01. The first kappa shape index (κ1) is 37.7. The number of carboxylic acid groups (broad SMARTS) is 3. The fourth-order valence-electron chi connectivity index (χ4n) is 4.53. The predicted octanol–water partition coefficient (Wildman–Crippen LogP) is -2.39. The number of carboxylic acids is 3. The van der Waals surface area contributed by atoms with Crippen LogP contribution in [0.15, 0.2) is 12.3 Å². The zero-order valence-electron chi connectivity index (χ0n) is 25.4. The molecule has 43 heavy (non-hydrogen) atoms. The second kappa shape index (κ2) is 21.4. The summed E-state index contributed by atoms with van der Waals surface area (Å²) in [6, 6.07) is -0.798. The molecule has 0 spiro atoms. The smallest absolute Gasteiger partial charge is 0.317 e. The lowest BCUT2D eigenvalue weighted by Crippen LogP contribution is -2.52. The van der Waals surface area contributed by atoms with Gasteiger partial charge in [0.2, 0.25) is 11.8 Å². The van der Waals surface area contributed by atoms with E-state index in [2.05, 4.69) is 22.5 Å². The summed E-state index contributed by atoms with van der Waals surface area (Å²) in [5.41, 5.74) is 0.711. The fourth-order valence-corrected chi connectivity index (χ4v) is 4.53. The van der Waals surface area contributed by atoms with E-state index in [4.69, 9.17) is 4.74 Å². The zero-order valence-corrected chi connectivity index (χ0v) is 25.4. The van der Waals surface area contributed by atoms with E-state index < -0.39 is 29.9 Å². The monoisotopic (exact) mass is 615 g/mol. The average molecular weight is 616 g/mol. The summed E-state index contributed by atoms with van der Waals surface area (Å²) in [6.45, 7) is 8.63. The third-order valence-electron chi connectivity index (χ3n) is 6.79. The van der Waals surface area contributed by atoms with Crippen LogP contribution in [0.4, 0.5) is 0 Å². The number of methoxy groups -OCH3 is 1. The van der Waals surface area contributed by atoms with Crippen molar-refractivity contribution < 1.29 is 44.0 Å². The molecule has 16 nitrogen and oxygen atoms in total. The Kier molecular flexibility index (Phi) is 18.8. The van der Waals surface area contributed by atoms with Gasteiger partial charge < -0.3 is 36.0 Å². The SMILES string of the molecule is C=C(CC[C@@H](NC(=O)CN1CCN(CC(=O)O)CCN(CC(=O)O)CCN(CC(=O)O)CC1)C(=O)NCC)NCCOC. The molecule has 0 aromatic heterocycles. The van der Waals surface area contributed by atoms with Gasteiger partial charge in [0.1, 0.15) is 6.04 Å². The highest BCUT2D eigenvalue weighted by atomic mass is 16.5. The molecule has 16 heteroatoms. The number of amides is 2. The molecule has 246 valence electrons. The maximum atomic E-state index is 13.2. The number of nitrogens with zero attached hydrogens (tertiary/aromatic N) is 4. The normalized spacial score (nSPS) is 17.2. The van der Waals surface area contributed by atoms with Crippen molar-refractivity contribution >= 4 is 29.7 Å². The highest BCUT2D eigenvalue weighted by molar-refractivity contribution is 5.88. The minimum Gasteiger partial charge on any atom is -0.480 e. The van der Waals surface area contributed by atoms with Gasteiger partial charge in [-0.15, -0.1) is 0 Å². The number of carbonyl (C=O) groups is 5. The van der Waals surface area contributed by atoms with Gasteiger partial charge in [-0.25, -0.2) is 0 Å². The maximum absolute atomic E-state index is 13.2. The Hall–Kier alpha value is -3.31. The molecule has 0 aromatic carbocycles. The minimum atomic E-state index is -1.03. The first-order chi connectivity index (χ1) is 20.4. The second-order valence-corrected chi connectivity index (χ2v) is 10.4. The van der Waals surface area contributed by atoms with E-state index in [1.54, 1.807) is 33.6 Å². The molecule has 0 aliphatic carbocycles. The lowest BCUT2D eigenvalue weighted by molar-refractivity contribution is -0.140. The van der Waals surface area contributed by atoms with Crippen LogP contribution in [-0.4, -0.2) is 176 Å². The van der Waals surface area contributed by atoms with E-state index in [1.165, 1.54) is 0 Å². The topological polar surface area (TPSA) is 204 Å². The minimum absolute atomic E-state index is 0.0874. The largest absolute Gasteiger partial charge is 0.480 e. The third kappa shape index (κ3) is 18.1. The molecular formula is C27H49N7O9. The number of hydrogen-bond donors (Lipinski definition) is 6. The van der Waals surface area contributed by atoms with Gasteiger partial charge >= 0.3 is 17.9 Å². The summed E-state index contributed by atoms with van der Waals surface area (Å²) in [5.74, 6) is -3.81. The van der Waals surface area contributed by atoms with Crippen molar-refractivity contribution in [2.45, 2.75) is 25.8 Å². The molecule has 0 radical (unpaired) electrons. The second-order valence-electron chi connectivity index (χ2n) is 10.4. The van der Waals surface area contributed by atoms with Gasteiger partial charge in [0.15, 0.2) is 0 Å². The number of hydrogen-bond acceptors (Lipinski definition) is 11. The van der Waals surface area contributed by atoms with E-state index in [9.17, 15) is 39.3 Å². The van der Waals surface area contributed by atoms with Crippen LogP contribution in [0.25, 0.3) is 0 Å². The Morgan fingerprint density at radius 3 is 1.53 bits per heavy atom. The molecule has 1 heterocycles. The van der Waals surface area contributed by atoms with Crippen LogP contribution in [0.1, 0.15) is 19.8 Å². The van der Waals surface area contributed by atoms with Gasteiger partial charge in [0, 0.05) is 78.3 Å². The molecule has 1 atom stereocenters. The lowest BCUT2D eigenvalue weighted by atomic mass is 10.1. The van der Waals surface area contributed by atoms with E-state index in [-0.39, 0.29) is 71.4 Å². The van der Waals surface area contributed by atoms with Crippen molar-refractivity contribution in [2.75, 3.05) is 105 Å². The van der Waals surface area contributed by atoms with Crippen LogP contribution < -0.4 is 16.0 Å². The van der Waals surface area contributed by atoms with Gasteiger partial charge in [-0.05, 0) is 19.8 Å².